The van der Waals surface area contributed by atoms with Gasteiger partial charge in [-0.05, 0) is 30.7 Å². The zero-order valence-corrected chi connectivity index (χ0v) is 16.0. The molecule has 0 unspecified atom stereocenters. The maximum Gasteiger partial charge on any atom is 0.416 e. The minimum Gasteiger partial charge on any atom is -0.324 e. The second kappa shape index (κ2) is 8.24. The maximum atomic E-state index is 12.8. The summed E-state index contributed by atoms with van der Waals surface area (Å²) in [7, 11) is 0. The van der Waals surface area contributed by atoms with Gasteiger partial charge >= 0.3 is 6.18 Å². The quantitative estimate of drug-likeness (QED) is 0.551. The number of aromatic nitrogens is 3. The van der Waals surface area contributed by atoms with E-state index in [0.717, 1.165) is 41.1 Å². The van der Waals surface area contributed by atoms with E-state index in [1.54, 1.807) is 0 Å². The molecule has 1 aromatic heterocycles. The fourth-order valence-corrected chi connectivity index (χ4v) is 3.15. The standard InChI is InChI=1S/C18H14ClF3N4OS/c1-10-4-2-3-5-12(10)16-24-17(26-25-16)28-9-15(27)23-14-8-11(18(20,21)22)6-7-13(14)19/h2-8H,9H2,1H3,(H,23,27)(H,24,25,26). The third-order valence-corrected chi connectivity index (χ3v) is 4.94. The number of amides is 1. The molecule has 146 valence electrons. The lowest BCUT2D eigenvalue weighted by molar-refractivity contribution is -0.137. The molecule has 0 atom stereocenters. The Morgan fingerprint density at radius 2 is 2.00 bits per heavy atom. The first-order valence-corrected chi connectivity index (χ1v) is 9.38. The number of aromatic amines is 1. The largest absolute Gasteiger partial charge is 0.416 e. The minimum atomic E-state index is -4.52. The van der Waals surface area contributed by atoms with Gasteiger partial charge in [-0.25, -0.2) is 4.98 Å². The number of rotatable bonds is 5. The lowest BCUT2D eigenvalue weighted by Crippen LogP contribution is -2.15. The van der Waals surface area contributed by atoms with E-state index in [1.807, 2.05) is 31.2 Å². The van der Waals surface area contributed by atoms with Crippen molar-refractivity contribution < 1.29 is 18.0 Å². The van der Waals surface area contributed by atoms with Crippen LogP contribution in [0.25, 0.3) is 11.4 Å². The second-order valence-corrected chi connectivity index (χ2v) is 7.16. The number of nitrogens with zero attached hydrogens (tertiary/aromatic N) is 2. The molecule has 0 bridgehead atoms. The number of hydrogen-bond acceptors (Lipinski definition) is 4. The Balaban J connectivity index is 1.63. The molecule has 0 aliphatic carbocycles. The smallest absolute Gasteiger partial charge is 0.324 e. The first-order valence-electron chi connectivity index (χ1n) is 8.02. The lowest BCUT2D eigenvalue weighted by Gasteiger charge is -2.11. The van der Waals surface area contributed by atoms with E-state index in [-0.39, 0.29) is 16.5 Å². The van der Waals surface area contributed by atoms with E-state index >= 15 is 0 Å². The molecule has 10 heteroatoms. The number of carbonyl (C=O) groups is 1. The van der Waals surface area contributed by atoms with Gasteiger partial charge in [-0.1, -0.05) is 47.6 Å². The van der Waals surface area contributed by atoms with Gasteiger partial charge in [0.05, 0.1) is 22.0 Å². The highest BCUT2D eigenvalue weighted by atomic mass is 35.5. The predicted octanol–water partition coefficient (Wildman–Crippen LogP) is 5.18. The molecule has 0 aliphatic heterocycles. The van der Waals surface area contributed by atoms with Crippen LogP contribution in [0.15, 0.2) is 47.6 Å². The third-order valence-electron chi connectivity index (χ3n) is 3.77. The van der Waals surface area contributed by atoms with Gasteiger partial charge in [0.15, 0.2) is 5.82 Å². The number of nitrogens with one attached hydrogen (secondary N) is 2. The van der Waals surface area contributed by atoms with Crippen molar-refractivity contribution in [3.05, 3.63) is 58.6 Å². The van der Waals surface area contributed by atoms with Crippen molar-refractivity contribution in [2.24, 2.45) is 0 Å². The maximum absolute atomic E-state index is 12.8. The summed E-state index contributed by atoms with van der Waals surface area (Å²) >= 11 is 6.93. The zero-order valence-electron chi connectivity index (χ0n) is 14.5. The SMILES string of the molecule is Cc1ccccc1-c1nc(SCC(=O)Nc2cc(C(F)(F)F)ccc2Cl)n[nH]1. The monoisotopic (exact) mass is 426 g/mol. The Bertz CT molecular complexity index is 1010. The first-order chi connectivity index (χ1) is 13.2. The van der Waals surface area contributed by atoms with E-state index in [1.165, 1.54) is 0 Å². The fourth-order valence-electron chi connectivity index (χ4n) is 2.38. The highest BCUT2D eigenvalue weighted by Gasteiger charge is 2.31. The van der Waals surface area contributed by atoms with Crippen LogP contribution in [0, 0.1) is 6.92 Å². The molecule has 3 aromatic rings. The molecule has 2 N–H and O–H groups in total. The Morgan fingerprint density at radius 3 is 2.71 bits per heavy atom. The van der Waals surface area contributed by atoms with E-state index in [0.29, 0.717) is 11.0 Å². The van der Waals surface area contributed by atoms with E-state index < -0.39 is 17.6 Å². The van der Waals surface area contributed by atoms with Crippen molar-refractivity contribution in [2.75, 3.05) is 11.1 Å². The molecular weight excluding hydrogens is 413 g/mol. The van der Waals surface area contributed by atoms with Crippen LogP contribution in [0.5, 0.6) is 0 Å². The van der Waals surface area contributed by atoms with Crippen molar-refractivity contribution >= 4 is 35.0 Å². The van der Waals surface area contributed by atoms with Gasteiger partial charge in [0.2, 0.25) is 11.1 Å². The van der Waals surface area contributed by atoms with E-state index in [2.05, 4.69) is 20.5 Å². The minimum absolute atomic E-state index is 0.0195. The number of H-pyrrole nitrogens is 1. The molecule has 0 fully saturated rings. The van der Waals surface area contributed by atoms with Crippen molar-refractivity contribution in [3.63, 3.8) is 0 Å². The number of carbonyl (C=O) groups excluding carboxylic acids is 1. The van der Waals surface area contributed by atoms with Gasteiger partial charge in [0.25, 0.3) is 0 Å². The van der Waals surface area contributed by atoms with Crippen LogP contribution in [-0.4, -0.2) is 26.8 Å². The fraction of sp³-hybridized carbons (Fsp3) is 0.167. The number of thioether (sulfide) groups is 1. The molecular formula is C18H14ClF3N4OS. The first kappa shape index (κ1) is 20.2. The summed E-state index contributed by atoms with van der Waals surface area (Å²) in [6.45, 7) is 1.94. The number of aryl methyl sites for hydroxylation is 1. The van der Waals surface area contributed by atoms with Crippen molar-refractivity contribution in [2.45, 2.75) is 18.3 Å². The number of benzene rings is 2. The van der Waals surface area contributed by atoms with Crippen LogP contribution in [-0.2, 0) is 11.0 Å². The summed E-state index contributed by atoms with van der Waals surface area (Å²) in [5.74, 6) is -0.0344. The zero-order chi connectivity index (χ0) is 20.3. The molecule has 1 heterocycles. The van der Waals surface area contributed by atoms with Gasteiger partial charge < -0.3 is 5.32 Å². The van der Waals surface area contributed by atoms with Crippen LogP contribution in [0.3, 0.4) is 0 Å². The summed E-state index contributed by atoms with van der Waals surface area (Å²) in [5, 5.41) is 9.61. The molecule has 0 saturated carbocycles. The van der Waals surface area contributed by atoms with Crippen molar-refractivity contribution in [3.8, 4) is 11.4 Å². The average Bonchev–Trinajstić information content (AvgIpc) is 3.10. The second-order valence-electron chi connectivity index (χ2n) is 5.81. The molecule has 0 radical (unpaired) electrons. The van der Waals surface area contributed by atoms with Crippen LogP contribution in [0.4, 0.5) is 18.9 Å². The Hall–Kier alpha value is -2.52. The van der Waals surface area contributed by atoms with Gasteiger partial charge in [0, 0.05) is 5.56 Å². The normalized spacial score (nSPS) is 11.5. The summed E-state index contributed by atoms with van der Waals surface area (Å²) < 4.78 is 38.4. The van der Waals surface area contributed by atoms with Gasteiger partial charge in [-0.15, -0.1) is 5.10 Å². The van der Waals surface area contributed by atoms with Gasteiger partial charge in [-0.3, -0.25) is 9.89 Å². The predicted molar refractivity (Wildman–Crippen MR) is 102 cm³/mol. The number of halogens is 4. The molecule has 0 spiro atoms. The molecule has 1 amide bonds. The van der Waals surface area contributed by atoms with Crippen LogP contribution < -0.4 is 5.32 Å². The molecule has 0 aliphatic rings. The number of alkyl halides is 3. The molecule has 5 nitrogen and oxygen atoms in total. The molecule has 3 rings (SSSR count). The number of hydrogen-bond donors (Lipinski definition) is 2. The van der Waals surface area contributed by atoms with Gasteiger partial charge in [0.1, 0.15) is 0 Å². The van der Waals surface area contributed by atoms with Crippen LogP contribution in [0.2, 0.25) is 5.02 Å². The third kappa shape index (κ3) is 4.85. The topological polar surface area (TPSA) is 70.7 Å². The van der Waals surface area contributed by atoms with Crippen molar-refractivity contribution in [1.29, 1.82) is 0 Å². The van der Waals surface area contributed by atoms with Gasteiger partial charge in [-0.2, -0.15) is 13.2 Å². The van der Waals surface area contributed by atoms with E-state index in [9.17, 15) is 18.0 Å². The lowest BCUT2D eigenvalue weighted by atomic mass is 10.1. The highest BCUT2D eigenvalue weighted by molar-refractivity contribution is 7.99. The van der Waals surface area contributed by atoms with E-state index in [4.69, 9.17) is 11.6 Å². The molecule has 2 aromatic carbocycles. The summed E-state index contributed by atoms with van der Waals surface area (Å²) in [5.41, 5.74) is 0.920. The van der Waals surface area contributed by atoms with Crippen LogP contribution >= 0.6 is 23.4 Å². The summed E-state index contributed by atoms with van der Waals surface area (Å²) in [6, 6.07) is 10.4. The Labute approximate surface area is 167 Å². The molecule has 28 heavy (non-hydrogen) atoms. The summed E-state index contributed by atoms with van der Waals surface area (Å²) in [6.07, 6.45) is -4.52. The summed E-state index contributed by atoms with van der Waals surface area (Å²) in [4.78, 5) is 16.4. The Morgan fingerprint density at radius 1 is 1.25 bits per heavy atom. The average molecular weight is 427 g/mol. The van der Waals surface area contributed by atoms with Crippen LogP contribution in [0.1, 0.15) is 11.1 Å². The van der Waals surface area contributed by atoms with Crippen molar-refractivity contribution in [1.82, 2.24) is 15.2 Å². The number of anilines is 1. The molecule has 0 saturated heterocycles. The Kier molecular flexibility index (Phi) is 5.95. The highest BCUT2D eigenvalue weighted by Crippen LogP contribution is 2.34.